The van der Waals surface area contributed by atoms with E-state index >= 15 is 0 Å². The third kappa shape index (κ3) is 3.64. The first-order valence-corrected chi connectivity index (χ1v) is 9.28. The summed E-state index contributed by atoms with van der Waals surface area (Å²) in [5, 5.41) is 0. The van der Waals surface area contributed by atoms with Gasteiger partial charge in [-0.2, -0.15) is 0 Å². The number of likely N-dealkylation sites (tertiary alicyclic amines) is 1. The lowest BCUT2D eigenvalue weighted by molar-refractivity contribution is 0.0195. The van der Waals surface area contributed by atoms with Crippen molar-refractivity contribution in [2.24, 2.45) is 7.05 Å². The summed E-state index contributed by atoms with van der Waals surface area (Å²) in [6.07, 6.45) is 6.15. The van der Waals surface area contributed by atoms with Crippen LogP contribution in [0.1, 0.15) is 12.8 Å². The highest BCUT2D eigenvalue weighted by atomic mass is 16.5. The number of aromatic nitrogens is 3. The van der Waals surface area contributed by atoms with Gasteiger partial charge in [0.2, 0.25) is 5.95 Å². The molecule has 2 aliphatic rings. The molecule has 2 fully saturated rings. The Bertz CT molecular complexity index is 801. The quantitative estimate of drug-likeness (QED) is 0.820. The molecule has 0 N–H and O–H groups in total. The van der Waals surface area contributed by atoms with Gasteiger partial charge < -0.3 is 14.5 Å². The Kier molecular flexibility index (Phi) is 4.99. The molecule has 2 aromatic rings. The second-order valence-electron chi connectivity index (χ2n) is 7.02. The Labute approximate surface area is 153 Å². The summed E-state index contributed by atoms with van der Waals surface area (Å²) in [4.78, 5) is 25.9. The Morgan fingerprint density at radius 2 is 1.96 bits per heavy atom. The van der Waals surface area contributed by atoms with E-state index in [9.17, 15) is 4.79 Å². The molecule has 2 saturated heterocycles. The Hall–Kier alpha value is -2.25. The first kappa shape index (κ1) is 17.2. The van der Waals surface area contributed by atoms with E-state index in [1.54, 1.807) is 30.1 Å². The monoisotopic (exact) mass is 355 g/mol. The molecule has 0 spiro atoms. The SMILES string of the molecule is Cn1c(N2CCOC(CN3CCCC3)C2)nc(-c2ccncc2)cc1=O. The van der Waals surface area contributed by atoms with Gasteiger partial charge >= 0.3 is 0 Å². The molecule has 4 rings (SSSR count). The van der Waals surface area contributed by atoms with E-state index in [0.717, 1.165) is 38.3 Å². The van der Waals surface area contributed by atoms with Gasteiger partial charge in [-0.1, -0.05) is 0 Å². The van der Waals surface area contributed by atoms with Crippen LogP contribution in [-0.4, -0.2) is 64.9 Å². The highest BCUT2D eigenvalue weighted by Crippen LogP contribution is 2.20. The maximum absolute atomic E-state index is 12.5. The average Bonchev–Trinajstić information content (AvgIpc) is 3.18. The summed E-state index contributed by atoms with van der Waals surface area (Å²) >= 11 is 0. The number of hydrogen-bond acceptors (Lipinski definition) is 6. The highest BCUT2D eigenvalue weighted by molar-refractivity contribution is 5.59. The Morgan fingerprint density at radius 3 is 2.73 bits per heavy atom. The van der Waals surface area contributed by atoms with Crippen LogP contribution in [-0.2, 0) is 11.8 Å². The third-order valence-electron chi connectivity index (χ3n) is 5.17. The molecule has 7 nitrogen and oxygen atoms in total. The fraction of sp³-hybridized carbons (Fsp3) is 0.526. The van der Waals surface area contributed by atoms with Gasteiger partial charge in [0.1, 0.15) is 0 Å². The van der Waals surface area contributed by atoms with Crippen molar-refractivity contribution in [1.29, 1.82) is 0 Å². The molecule has 138 valence electrons. The van der Waals surface area contributed by atoms with Gasteiger partial charge in [0.05, 0.1) is 18.4 Å². The lowest BCUT2D eigenvalue weighted by Crippen LogP contribution is -2.48. The molecule has 0 amide bonds. The number of rotatable bonds is 4. The molecule has 1 atom stereocenters. The number of ether oxygens (including phenoxy) is 1. The van der Waals surface area contributed by atoms with E-state index < -0.39 is 0 Å². The van der Waals surface area contributed by atoms with E-state index in [1.165, 1.54) is 12.8 Å². The van der Waals surface area contributed by atoms with Crippen molar-refractivity contribution in [3.8, 4) is 11.3 Å². The van der Waals surface area contributed by atoms with Crippen LogP contribution in [0.3, 0.4) is 0 Å². The summed E-state index contributed by atoms with van der Waals surface area (Å²) in [6, 6.07) is 5.34. The van der Waals surface area contributed by atoms with Gasteiger partial charge in [-0.05, 0) is 38.1 Å². The molecule has 0 bridgehead atoms. The summed E-state index contributed by atoms with van der Waals surface area (Å²) in [5.74, 6) is 0.707. The van der Waals surface area contributed by atoms with Gasteiger partial charge in [0.15, 0.2) is 0 Å². The molecule has 0 aromatic carbocycles. The van der Waals surface area contributed by atoms with Crippen molar-refractivity contribution in [3.05, 3.63) is 40.9 Å². The normalized spacial score (nSPS) is 21.3. The van der Waals surface area contributed by atoms with E-state index in [1.807, 2.05) is 12.1 Å². The molecule has 7 heteroatoms. The number of pyridine rings is 1. The maximum Gasteiger partial charge on any atom is 0.255 e. The van der Waals surface area contributed by atoms with Gasteiger partial charge in [0.25, 0.3) is 5.56 Å². The predicted molar refractivity (Wildman–Crippen MR) is 100 cm³/mol. The standard InChI is InChI=1S/C19H25N5O2/c1-22-18(25)12-17(15-4-6-20-7-5-15)21-19(22)24-10-11-26-16(14-24)13-23-8-2-3-9-23/h4-7,12,16H,2-3,8-11,13-14H2,1H3. The average molecular weight is 355 g/mol. The molecular formula is C19H25N5O2. The number of anilines is 1. The topological polar surface area (TPSA) is 63.5 Å². The second-order valence-corrected chi connectivity index (χ2v) is 7.02. The van der Waals surface area contributed by atoms with Crippen molar-refractivity contribution < 1.29 is 4.74 Å². The van der Waals surface area contributed by atoms with Crippen LogP contribution in [0.15, 0.2) is 35.4 Å². The minimum atomic E-state index is -0.0515. The minimum Gasteiger partial charge on any atom is -0.373 e. The minimum absolute atomic E-state index is 0.0515. The molecule has 0 saturated carbocycles. The zero-order valence-corrected chi connectivity index (χ0v) is 15.2. The fourth-order valence-corrected chi connectivity index (χ4v) is 3.75. The molecule has 0 aliphatic carbocycles. The van der Waals surface area contributed by atoms with Crippen LogP contribution in [0.2, 0.25) is 0 Å². The largest absolute Gasteiger partial charge is 0.373 e. The molecule has 4 heterocycles. The van der Waals surface area contributed by atoms with E-state index in [2.05, 4.69) is 14.8 Å². The molecular weight excluding hydrogens is 330 g/mol. The zero-order valence-electron chi connectivity index (χ0n) is 15.2. The van der Waals surface area contributed by atoms with E-state index in [-0.39, 0.29) is 11.7 Å². The van der Waals surface area contributed by atoms with Gasteiger partial charge in [-0.15, -0.1) is 0 Å². The van der Waals surface area contributed by atoms with Crippen LogP contribution >= 0.6 is 0 Å². The van der Waals surface area contributed by atoms with Crippen molar-refractivity contribution in [1.82, 2.24) is 19.4 Å². The summed E-state index contributed by atoms with van der Waals surface area (Å²) in [6.45, 7) is 5.44. The van der Waals surface area contributed by atoms with Crippen molar-refractivity contribution in [3.63, 3.8) is 0 Å². The third-order valence-corrected chi connectivity index (χ3v) is 5.17. The number of hydrogen-bond donors (Lipinski definition) is 0. The van der Waals surface area contributed by atoms with Crippen molar-refractivity contribution in [2.45, 2.75) is 18.9 Å². The molecule has 2 aromatic heterocycles. The highest BCUT2D eigenvalue weighted by Gasteiger charge is 2.26. The maximum atomic E-state index is 12.5. The van der Waals surface area contributed by atoms with Gasteiger partial charge in [0, 0.05) is 50.7 Å². The Morgan fingerprint density at radius 1 is 1.19 bits per heavy atom. The lowest BCUT2D eigenvalue weighted by atomic mass is 10.2. The summed E-state index contributed by atoms with van der Waals surface area (Å²) < 4.78 is 7.60. The summed E-state index contributed by atoms with van der Waals surface area (Å²) in [7, 11) is 1.78. The fourth-order valence-electron chi connectivity index (χ4n) is 3.75. The van der Waals surface area contributed by atoms with Crippen LogP contribution < -0.4 is 10.5 Å². The van der Waals surface area contributed by atoms with Crippen LogP contribution in [0.4, 0.5) is 5.95 Å². The van der Waals surface area contributed by atoms with E-state index in [0.29, 0.717) is 18.2 Å². The molecule has 0 radical (unpaired) electrons. The number of nitrogens with zero attached hydrogens (tertiary/aromatic N) is 5. The predicted octanol–water partition coefficient (Wildman–Crippen LogP) is 1.14. The smallest absolute Gasteiger partial charge is 0.255 e. The zero-order chi connectivity index (χ0) is 17.9. The summed E-state index contributed by atoms with van der Waals surface area (Å²) in [5.41, 5.74) is 1.54. The van der Waals surface area contributed by atoms with Gasteiger partial charge in [-0.3, -0.25) is 14.3 Å². The van der Waals surface area contributed by atoms with Gasteiger partial charge in [-0.25, -0.2) is 4.98 Å². The first-order chi connectivity index (χ1) is 12.7. The van der Waals surface area contributed by atoms with Crippen LogP contribution in [0.5, 0.6) is 0 Å². The van der Waals surface area contributed by atoms with Crippen molar-refractivity contribution >= 4 is 5.95 Å². The van der Waals surface area contributed by atoms with E-state index in [4.69, 9.17) is 9.72 Å². The molecule has 26 heavy (non-hydrogen) atoms. The van der Waals surface area contributed by atoms with Crippen LogP contribution in [0.25, 0.3) is 11.3 Å². The number of morpholine rings is 1. The van der Waals surface area contributed by atoms with Crippen LogP contribution in [0, 0.1) is 0 Å². The molecule has 1 unspecified atom stereocenters. The first-order valence-electron chi connectivity index (χ1n) is 9.28. The second kappa shape index (κ2) is 7.55. The molecule has 2 aliphatic heterocycles. The van der Waals surface area contributed by atoms with Crippen molar-refractivity contribution in [2.75, 3.05) is 44.2 Å². The Balaban J connectivity index is 1.57. The lowest BCUT2D eigenvalue weighted by Gasteiger charge is -2.36.